The van der Waals surface area contributed by atoms with E-state index >= 15 is 0 Å². The monoisotopic (exact) mass is 178 g/mol. The Morgan fingerprint density at radius 2 is 2.15 bits per heavy atom. The number of hydrogen-bond donors (Lipinski definition) is 1. The van der Waals surface area contributed by atoms with Gasteiger partial charge in [0.05, 0.1) is 0 Å². The molecule has 1 fully saturated rings. The molecule has 13 heavy (non-hydrogen) atoms. The summed E-state index contributed by atoms with van der Waals surface area (Å²) in [6, 6.07) is 0. The third kappa shape index (κ3) is 1.16. The lowest BCUT2D eigenvalue weighted by molar-refractivity contribution is -0.128. The van der Waals surface area contributed by atoms with Gasteiger partial charge in [0.15, 0.2) is 11.6 Å². The maximum absolute atomic E-state index is 11.5. The van der Waals surface area contributed by atoms with Crippen molar-refractivity contribution >= 4 is 11.6 Å². The third-order valence-corrected chi connectivity index (χ3v) is 2.46. The minimum Gasteiger partial charge on any atom is -0.382 e. The molecule has 0 spiro atoms. The normalized spacial score (nSPS) is 32.8. The summed E-state index contributed by atoms with van der Waals surface area (Å²) < 4.78 is 0. The van der Waals surface area contributed by atoms with Crippen molar-refractivity contribution in [3.63, 3.8) is 0 Å². The van der Waals surface area contributed by atoms with Gasteiger partial charge in [0, 0.05) is 18.4 Å². The van der Waals surface area contributed by atoms with E-state index in [9.17, 15) is 14.7 Å². The standard InChI is InChI=1S/C10H10O3/c1-10(13)5-6-4-7(11)2-3-8(6)9(10)12/h3-4,13H,2,5H2,1H3. The SMILES string of the molecule is CC1(O)CC2=CC(=O)CC=C2C1=O. The first-order chi connectivity index (χ1) is 6.00. The Labute approximate surface area is 75.8 Å². The first kappa shape index (κ1) is 8.38. The molecular weight excluding hydrogens is 168 g/mol. The molecule has 0 amide bonds. The van der Waals surface area contributed by atoms with Crippen molar-refractivity contribution in [1.82, 2.24) is 0 Å². The third-order valence-electron chi connectivity index (χ3n) is 2.46. The predicted octanol–water partition coefficient (Wildman–Crippen LogP) is 0.536. The number of carbonyl (C=O) groups excluding carboxylic acids is 2. The van der Waals surface area contributed by atoms with Crippen LogP contribution in [0.3, 0.4) is 0 Å². The predicted molar refractivity (Wildman–Crippen MR) is 46.0 cm³/mol. The fourth-order valence-electron chi connectivity index (χ4n) is 1.79. The molecule has 2 rings (SSSR count). The summed E-state index contributed by atoms with van der Waals surface area (Å²) in [5.41, 5.74) is -0.0849. The second-order valence-corrected chi connectivity index (χ2v) is 3.74. The molecule has 0 heterocycles. The van der Waals surface area contributed by atoms with E-state index in [1.54, 1.807) is 6.08 Å². The lowest BCUT2D eigenvalue weighted by atomic mass is 10.00. The smallest absolute Gasteiger partial charge is 0.194 e. The summed E-state index contributed by atoms with van der Waals surface area (Å²) in [4.78, 5) is 22.5. The Morgan fingerprint density at radius 3 is 2.85 bits per heavy atom. The lowest BCUT2D eigenvalue weighted by Gasteiger charge is -2.10. The van der Waals surface area contributed by atoms with Crippen LogP contribution in [0.1, 0.15) is 19.8 Å². The molecule has 0 aromatic rings. The molecule has 3 nitrogen and oxygen atoms in total. The van der Waals surface area contributed by atoms with E-state index in [0.29, 0.717) is 11.1 Å². The number of aliphatic hydroxyl groups is 1. The summed E-state index contributed by atoms with van der Waals surface area (Å²) in [7, 11) is 0. The molecule has 1 atom stereocenters. The van der Waals surface area contributed by atoms with Crippen molar-refractivity contribution in [1.29, 1.82) is 0 Å². The molecule has 0 aromatic heterocycles. The van der Waals surface area contributed by atoms with Crippen LogP contribution in [-0.2, 0) is 9.59 Å². The van der Waals surface area contributed by atoms with E-state index in [2.05, 4.69) is 0 Å². The number of fused-ring (bicyclic) bond motifs is 1. The van der Waals surface area contributed by atoms with Gasteiger partial charge in [-0.3, -0.25) is 9.59 Å². The zero-order chi connectivity index (χ0) is 9.64. The van der Waals surface area contributed by atoms with Crippen LogP contribution in [0.2, 0.25) is 0 Å². The molecule has 68 valence electrons. The van der Waals surface area contributed by atoms with Crippen LogP contribution in [0.5, 0.6) is 0 Å². The number of hydrogen-bond acceptors (Lipinski definition) is 3. The zero-order valence-electron chi connectivity index (χ0n) is 7.33. The van der Waals surface area contributed by atoms with Crippen LogP contribution in [0, 0.1) is 0 Å². The Morgan fingerprint density at radius 1 is 1.46 bits per heavy atom. The Balaban J connectivity index is 2.47. The van der Waals surface area contributed by atoms with Gasteiger partial charge >= 0.3 is 0 Å². The molecule has 2 aliphatic carbocycles. The fraction of sp³-hybridized carbons (Fsp3) is 0.400. The first-order valence-electron chi connectivity index (χ1n) is 4.22. The number of rotatable bonds is 0. The van der Waals surface area contributed by atoms with Gasteiger partial charge in [-0.2, -0.15) is 0 Å². The van der Waals surface area contributed by atoms with Crippen LogP contribution >= 0.6 is 0 Å². The van der Waals surface area contributed by atoms with E-state index in [1.807, 2.05) is 0 Å². The van der Waals surface area contributed by atoms with E-state index < -0.39 is 5.60 Å². The molecule has 0 bridgehead atoms. The lowest BCUT2D eigenvalue weighted by Crippen LogP contribution is -2.29. The van der Waals surface area contributed by atoms with Crippen LogP contribution in [0.25, 0.3) is 0 Å². The highest BCUT2D eigenvalue weighted by atomic mass is 16.3. The Hall–Kier alpha value is -1.22. The summed E-state index contributed by atoms with van der Waals surface area (Å²) >= 11 is 0. The van der Waals surface area contributed by atoms with Crippen molar-refractivity contribution in [2.75, 3.05) is 0 Å². The van der Waals surface area contributed by atoms with Gasteiger partial charge in [-0.1, -0.05) is 6.08 Å². The molecule has 3 heteroatoms. The van der Waals surface area contributed by atoms with Gasteiger partial charge in [-0.25, -0.2) is 0 Å². The average Bonchev–Trinajstić information content (AvgIpc) is 2.22. The molecular formula is C10H10O3. The van der Waals surface area contributed by atoms with Crippen molar-refractivity contribution in [2.45, 2.75) is 25.4 Å². The van der Waals surface area contributed by atoms with Crippen molar-refractivity contribution < 1.29 is 14.7 Å². The van der Waals surface area contributed by atoms with Crippen molar-refractivity contribution in [3.8, 4) is 0 Å². The highest BCUT2D eigenvalue weighted by Gasteiger charge is 2.42. The number of allylic oxidation sites excluding steroid dienone is 2. The van der Waals surface area contributed by atoms with Gasteiger partial charge in [0.2, 0.25) is 0 Å². The Bertz CT molecular complexity index is 358. The van der Waals surface area contributed by atoms with Gasteiger partial charge in [-0.05, 0) is 18.6 Å². The highest BCUT2D eigenvalue weighted by Crippen LogP contribution is 2.37. The average molecular weight is 178 g/mol. The van der Waals surface area contributed by atoms with E-state index in [1.165, 1.54) is 13.0 Å². The van der Waals surface area contributed by atoms with Gasteiger partial charge in [0.1, 0.15) is 5.60 Å². The quantitative estimate of drug-likeness (QED) is 0.589. The van der Waals surface area contributed by atoms with Crippen LogP contribution in [0.15, 0.2) is 23.3 Å². The van der Waals surface area contributed by atoms with Gasteiger partial charge in [0.25, 0.3) is 0 Å². The Kier molecular flexibility index (Phi) is 1.54. The second kappa shape index (κ2) is 2.39. The molecule has 0 aromatic carbocycles. The molecule has 1 N–H and O–H groups in total. The first-order valence-corrected chi connectivity index (χ1v) is 4.22. The molecule has 1 saturated carbocycles. The van der Waals surface area contributed by atoms with Crippen LogP contribution < -0.4 is 0 Å². The summed E-state index contributed by atoms with van der Waals surface area (Å²) in [6.07, 6.45) is 3.63. The minimum atomic E-state index is -1.30. The van der Waals surface area contributed by atoms with Crippen molar-refractivity contribution in [2.24, 2.45) is 0 Å². The highest BCUT2D eigenvalue weighted by molar-refractivity contribution is 6.12. The van der Waals surface area contributed by atoms with Crippen LogP contribution in [0.4, 0.5) is 0 Å². The maximum Gasteiger partial charge on any atom is 0.194 e. The summed E-state index contributed by atoms with van der Waals surface area (Å²) in [5, 5.41) is 9.64. The zero-order valence-corrected chi connectivity index (χ0v) is 7.33. The van der Waals surface area contributed by atoms with Crippen molar-refractivity contribution in [3.05, 3.63) is 23.3 Å². The number of carbonyl (C=O) groups is 2. The van der Waals surface area contributed by atoms with E-state index in [-0.39, 0.29) is 24.4 Å². The molecule has 1 unspecified atom stereocenters. The second-order valence-electron chi connectivity index (χ2n) is 3.74. The van der Waals surface area contributed by atoms with E-state index in [4.69, 9.17) is 0 Å². The number of Topliss-reactive ketones (excluding diaryl/α,β-unsaturated/α-hetero) is 1. The maximum atomic E-state index is 11.5. The molecule has 2 aliphatic rings. The molecule has 0 radical (unpaired) electrons. The minimum absolute atomic E-state index is 0.00394. The largest absolute Gasteiger partial charge is 0.382 e. The summed E-state index contributed by atoms with van der Waals surface area (Å²) in [5.74, 6) is -0.254. The topological polar surface area (TPSA) is 54.4 Å². The molecule has 0 aliphatic heterocycles. The van der Waals surface area contributed by atoms with Gasteiger partial charge in [-0.15, -0.1) is 0 Å². The summed E-state index contributed by atoms with van der Waals surface area (Å²) in [6.45, 7) is 1.49. The fourth-order valence-corrected chi connectivity index (χ4v) is 1.79. The number of ketones is 2. The van der Waals surface area contributed by atoms with E-state index in [0.717, 1.165) is 0 Å². The van der Waals surface area contributed by atoms with Gasteiger partial charge < -0.3 is 5.11 Å². The van der Waals surface area contributed by atoms with Crippen LogP contribution in [-0.4, -0.2) is 22.3 Å². The molecule has 0 saturated heterocycles.